The fourth-order valence-electron chi connectivity index (χ4n) is 1.00. The molecule has 2 rings (SSSR count). The first-order valence-electron chi connectivity index (χ1n) is 3.26. The maximum absolute atomic E-state index is 5.24. The lowest BCUT2D eigenvalue weighted by Crippen LogP contribution is -2.29. The van der Waals surface area contributed by atoms with Crippen LogP contribution in [0.3, 0.4) is 0 Å². The van der Waals surface area contributed by atoms with E-state index >= 15 is 0 Å². The van der Waals surface area contributed by atoms with E-state index in [0.29, 0.717) is 0 Å². The second kappa shape index (κ2) is 2.40. The Morgan fingerprint density at radius 2 is 2.64 bits per heavy atom. The van der Waals surface area contributed by atoms with Crippen molar-refractivity contribution in [1.82, 2.24) is 9.27 Å². The van der Waals surface area contributed by atoms with E-state index in [4.69, 9.17) is 6.42 Å². The van der Waals surface area contributed by atoms with Gasteiger partial charge in [-0.15, -0.1) is 0 Å². The van der Waals surface area contributed by atoms with Gasteiger partial charge in [-0.05, 0) is 17.6 Å². The van der Waals surface area contributed by atoms with Crippen molar-refractivity contribution in [3.05, 3.63) is 15.9 Å². The first-order valence-corrected chi connectivity index (χ1v) is 4.03. The minimum absolute atomic E-state index is 0.797. The first kappa shape index (κ1) is 6.44. The number of fused-ring (bicyclic) bond motifs is 1. The van der Waals surface area contributed by atoms with Crippen molar-refractivity contribution in [2.24, 2.45) is 0 Å². The van der Waals surface area contributed by atoms with Gasteiger partial charge in [-0.25, -0.2) is 0 Å². The molecule has 0 aliphatic carbocycles. The molecule has 1 aliphatic heterocycles. The summed E-state index contributed by atoms with van der Waals surface area (Å²) in [6.45, 7) is 0.797. The smallest absolute Gasteiger partial charge is 0.0543 e. The third-order valence-corrected chi connectivity index (χ3v) is 2.37. The van der Waals surface area contributed by atoms with Gasteiger partial charge in [0.1, 0.15) is 0 Å². The zero-order valence-corrected chi connectivity index (χ0v) is 6.64. The molecule has 0 fully saturated rings. The number of hydrogen-bond acceptors (Lipinski definition) is 3. The van der Waals surface area contributed by atoms with Crippen LogP contribution in [0.4, 0.5) is 0 Å². The summed E-state index contributed by atoms with van der Waals surface area (Å²) >= 11 is 1.51. The lowest BCUT2D eigenvalue weighted by atomic mass is 10.3. The SMILES string of the molecule is C#CN1C=c2cnsc2=CC1. The zero-order valence-electron chi connectivity index (χ0n) is 5.82. The summed E-state index contributed by atoms with van der Waals surface area (Å²) in [5.41, 5.74) is 0. The van der Waals surface area contributed by atoms with Crippen LogP contribution in [-0.4, -0.2) is 15.8 Å². The van der Waals surface area contributed by atoms with Crippen LogP contribution in [0.1, 0.15) is 0 Å². The topological polar surface area (TPSA) is 16.1 Å². The summed E-state index contributed by atoms with van der Waals surface area (Å²) < 4.78 is 5.28. The molecule has 3 heteroatoms. The van der Waals surface area contributed by atoms with Crippen LogP contribution in [0, 0.1) is 12.5 Å². The number of nitrogens with zero attached hydrogens (tertiary/aromatic N) is 2. The number of terminal acetylenes is 1. The molecule has 2 heterocycles. The van der Waals surface area contributed by atoms with Gasteiger partial charge in [0.25, 0.3) is 0 Å². The van der Waals surface area contributed by atoms with Crippen molar-refractivity contribution in [3.8, 4) is 12.5 Å². The molecule has 54 valence electrons. The van der Waals surface area contributed by atoms with Gasteiger partial charge in [-0.2, -0.15) is 4.37 Å². The molecule has 1 aromatic heterocycles. The van der Waals surface area contributed by atoms with Gasteiger partial charge in [-0.3, -0.25) is 0 Å². The third-order valence-electron chi connectivity index (χ3n) is 1.56. The highest BCUT2D eigenvalue weighted by Crippen LogP contribution is 1.90. The Bertz CT molecular complexity index is 410. The molecule has 0 saturated carbocycles. The van der Waals surface area contributed by atoms with Crippen molar-refractivity contribution in [2.45, 2.75) is 0 Å². The zero-order chi connectivity index (χ0) is 7.68. The maximum Gasteiger partial charge on any atom is 0.0543 e. The second-order valence-electron chi connectivity index (χ2n) is 2.26. The van der Waals surface area contributed by atoms with Crippen LogP contribution in [0.15, 0.2) is 6.20 Å². The number of aromatic nitrogens is 1. The predicted octanol–water partition coefficient (Wildman–Crippen LogP) is -0.432. The molecule has 0 saturated heterocycles. The van der Waals surface area contributed by atoms with Gasteiger partial charge in [0.05, 0.1) is 17.3 Å². The van der Waals surface area contributed by atoms with E-state index in [9.17, 15) is 0 Å². The van der Waals surface area contributed by atoms with Gasteiger partial charge in [0, 0.05) is 17.5 Å². The predicted molar refractivity (Wildman–Crippen MR) is 45.8 cm³/mol. The summed E-state index contributed by atoms with van der Waals surface area (Å²) in [7, 11) is 0. The highest BCUT2D eigenvalue weighted by Gasteiger charge is 1.99. The van der Waals surface area contributed by atoms with Crippen LogP contribution < -0.4 is 9.75 Å². The number of rotatable bonds is 0. The minimum Gasteiger partial charge on any atom is -0.304 e. The number of hydrogen-bond donors (Lipinski definition) is 0. The molecular weight excluding hydrogens is 156 g/mol. The van der Waals surface area contributed by atoms with Crippen molar-refractivity contribution >= 4 is 23.8 Å². The van der Waals surface area contributed by atoms with Crippen molar-refractivity contribution in [1.29, 1.82) is 0 Å². The lowest BCUT2D eigenvalue weighted by Gasteiger charge is -2.10. The van der Waals surface area contributed by atoms with Crippen LogP contribution in [0.2, 0.25) is 0 Å². The van der Waals surface area contributed by atoms with E-state index in [1.807, 2.05) is 12.4 Å². The molecule has 1 aliphatic rings. The monoisotopic (exact) mass is 162 g/mol. The molecule has 11 heavy (non-hydrogen) atoms. The molecule has 2 nitrogen and oxygen atoms in total. The minimum atomic E-state index is 0.797. The van der Waals surface area contributed by atoms with Crippen LogP contribution in [-0.2, 0) is 0 Å². The first-order chi connectivity index (χ1) is 5.40. The molecule has 0 amide bonds. The van der Waals surface area contributed by atoms with Crippen LogP contribution in [0.5, 0.6) is 0 Å². The van der Waals surface area contributed by atoms with E-state index in [0.717, 1.165) is 11.8 Å². The normalized spacial score (nSPS) is 14.3. The van der Waals surface area contributed by atoms with Crippen LogP contribution >= 0.6 is 11.5 Å². The van der Waals surface area contributed by atoms with Gasteiger partial charge >= 0.3 is 0 Å². The van der Waals surface area contributed by atoms with Gasteiger partial charge in [-0.1, -0.05) is 6.42 Å². The molecule has 1 aromatic rings. The van der Waals surface area contributed by atoms with Crippen LogP contribution in [0.25, 0.3) is 12.3 Å². The highest BCUT2D eigenvalue weighted by atomic mass is 32.1. The third kappa shape index (κ3) is 1.02. The summed E-state index contributed by atoms with van der Waals surface area (Å²) in [4.78, 5) is 1.80. The van der Waals surface area contributed by atoms with Gasteiger partial charge in [0.2, 0.25) is 0 Å². The van der Waals surface area contributed by atoms with E-state index in [2.05, 4.69) is 16.5 Å². The summed E-state index contributed by atoms with van der Waals surface area (Å²) in [5, 5.41) is 1.12. The molecule has 0 bridgehead atoms. The summed E-state index contributed by atoms with van der Waals surface area (Å²) in [6, 6.07) is 2.56. The Labute approximate surface area is 68.6 Å². The second-order valence-corrected chi connectivity index (χ2v) is 3.09. The average Bonchev–Trinajstić information content (AvgIpc) is 2.50. The summed E-state index contributed by atoms with van der Waals surface area (Å²) in [6.07, 6.45) is 11.1. The molecule has 0 aromatic carbocycles. The van der Waals surface area contributed by atoms with E-state index < -0.39 is 0 Å². The standard InChI is InChI=1S/C8H6N2S/c1-2-10-4-3-8-7(6-10)5-9-11-8/h1,3,5-6H,4H2. The highest BCUT2D eigenvalue weighted by molar-refractivity contribution is 7.03. The fraction of sp³-hybridized carbons (Fsp3) is 0.125. The Balaban J connectivity index is 2.64. The van der Waals surface area contributed by atoms with Crippen molar-refractivity contribution < 1.29 is 0 Å². The molecule has 0 atom stereocenters. The molecule has 0 N–H and O–H groups in total. The molecular formula is C8H6N2S. The molecule has 0 spiro atoms. The van der Waals surface area contributed by atoms with Crippen molar-refractivity contribution in [3.63, 3.8) is 0 Å². The van der Waals surface area contributed by atoms with Gasteiger partial charge in [0.15, 0.2) is 0 Å². The molecule has 0 unspecified atom stereocenters. The van der Waals surface area contributed by atoms with Crippen molar-refractivity contribution in [2.75, 3.05) is 6.54 Å². The average molecular weight is 162 g/mol. The van der Waals surface area contributed by atoms with E-state index in [-0.39, 0.29) is 0 Å². The van der Waals surface area contributed by atoms with Gasteiger partial charge < -0.3 is 4.90 Å². The largest absolute Gasteiger partial charge is 0.304 e. The molecule has 0 radical (unpaired) electrons. The Morgan fingerprint density at radius 3 is 3.45 bits per heavy atom. The summed E-state index contributed by atoms with van der Waals surface area (Å²) in [5.74, 6) is 0. The Kier molecular flexibility index (Phi) is 1.41. The Hall–Kier alpha value is -1.27. The lowest BCUT2D eigenvalue weighted by molar-refractivity contribution is 0.660. The van der Waals surface area contributed by atoms with E-state index in [1.54, 1.807) is 4.90 Å². The maximum atomic E-state index is 5.24. The quantitative estimate of drug-likeness (QED) is 0.481. The fourth-order valence-corrected chi connectivity index (χ4v) is 1.64. The van der Waals surface area contributed by atoms with E-state index in [1.165, 1.54) is 16.1 Å². The Morgan fingerprint density at radius 1 is 1.73 bits per heavy atom.